The van der Waals surface area contributed by atoms with Crippen molar-refractivity contribution in [2.75, 3.05) is 6.61 Å². The molecule has 0 amide bonds. The fourth-order valence-electron chi connectivity index (χ4n) is 2.21. The summed E-state index contributed by atoms with van der Waals surface area (Å²) in [7, 11) is 0. The van der Waals surface area contributed by atoms with Crippen LogP contribution in [0, 0.1) is 5.82 Å². The van der Waals surface area contributed by atoms with Gasteiger partial charge in [-0.25, -0.2) is 19.2 Å². The molecule has 0 saturated carbocycles. The number of hydrogen-bond donors (Lipinski definition) is 0. The van der Waals surface area contributed by atoms with E-state index in [4.69, 9.17) is 4.42 Å². The average Bonchev–Trinajstić information content (AvgIpc) is 2.86. The number of halogens is 4. The third-order valence-electron chi connectivity index (χ3n) is 3.30. The van der Waals surface area contributed by atoms with Crippen molar-refractivity contribution in [2.24, 2.45) is 0 Å². The van der Waals surface area contributed by atoms with Gasteiger partial charge in [0.05, 0.1) is 5.69 Å². The molecule has 3 rings (SSSR count). The Balaban J connectivity index is 1.95. The second kappa shape index (κ2) is 6.19. The fraction of sp³-hybridized carbons (Fsp3) is 0.267. The summed E-state index contributed by atoms with van der Waals surface area (Å²) in [6.45, 7) is 0.427. The molecule has 0 bridgehead atoms. The first kappa shape index (κ1) is 16.9. The molecule has 0 aromatic carbocycles. The molecule has 0 fully saturated rings. The number of ether oxygens (including phenoxy) is 1. The molecule has 10 heteroatoms. The van der Waals surface area contributed by atoms with Gasteiger partial charge >= 0.3 is 11.9 Å². The monoisotopic (exact) mass is 357 g/mol. The molecule has 132 valence electrons. The highest BCUT2D eigenvalue weighted by Gasteiger charge is 2.29. The van der Waals surface area contributed by atoms with Crippen molar-refractivity contribution in [2.45, 2.75) is 19.6 Å². The summed E-state index contributed by atoms with van der Waals surface area (Å²) in [6.07, 6.45) is -3.46. The maximum atomic E-state index is 13.9. The van der Waals surface area contributed by atoms with E-state index in [-0.39, 0.29) is 22.5 Å². The molecule has 0 N–H and O–H groups in total. The first-order valence-corrected chi connectivity index (χ1v) is 7.14. The highest BCUT2D eigenvalue weighted by atomic mass is 19.4. The summed E-state index contributed by atoms with van der Waals surface area (Å²) in [5.41, 5.74) is 1.05. The maximum Gasteiger partial charge on any atom is 0.422 e. The second-order valence-electron chi connectivity index (χ2n) is 5.05. The van der Waals surface area contributed by atoms with Crippen LogP contribution in [0.4, 0.5) is 17.6 Å². The van der Waals surface area contributed by atoms with Crippen LogP contribution >= 0.6 is 0 Å². The molecule has 3 aromatic heterocycles. The van der Waals surface area contributed by atoms with Crippen LogP contribution in [-0.2, 0) is 6.54 Å². The molecular formula is C15H11F4N3O3. The van der Waals surface area contributed by atoms with Gasteiger partial charge in [-0.1, -0.05) is 0 Å². The Hall–Kier alpha value is -2.91. The lowest BCUT2D eigenvalue weighted by molar-refractivity contribution is -0.154. The van der Waals surface area contributed by atoms with Crippen LogP contribution in [0.25, 0.3) is 22.5 Å². The number of alkyl halides is 3. The quantitative estimate of drug-likeness (QED) is 0.671. The lowest BCUT2D eigenvalue weighted by Crippen LogP contribution is -2.20. The van der Waals surface area contributed by atoms with Crippen molar-refractivity contribution in [1.82, 2.24) is 14.5 Å². The number of nitrogens with zero attached hydrogens (tertiary/aromatic N) is 3. The molecule has 0 saturated heterocycles. The van der Waals surface area contributed by atoms with Gasteiger partial charge in [0, 0.05) is 18.3 Å². The van der Waals surface area contributed by atoms with Crippen LogP contribution in [-0.4, -0.2) is 27.3 Å². The number of aryl methyl sites for hydroxylation is 1. The number of oxazole rings is 1. The van der Waals surface area contributed by atoms with Crippen LogP contribution in [0.5, 0.6) is 5.88 Å². The molecule has 0 aliphatic carbocycles. The molecule has 0 radical (unpaired) electrons. The van der Waals surface area contributed by atoms with Crippen molar-refractivity contribution in [3.05, 3.63) is 40.8 Å². The number of rotatable bonds is 4. The molecular weight excluding hydrogens is 346 g/mol. The van der Waals surface area contributed by atoms with Crippen molar-refractivity contribution >= 4 is 11.2 Å². The number of pyridine rings is 2. The third kappa shape index (κ3) is 3.47. The van der Waals surface area contributed by atoms with Crippen LogP contribution in [0.2, 0.25) is 0 Å². The minimum atomic E-state index is -4.59. The van der Waals surface area contributed by atoms with E-state index in [1.807, 2.05) is 0 Å². The average molecular weight is 357 g/mol. The SMILES string of the molecule is CCn1c(=O)oc2ccc(-c3cnc(OCC(F)(F)F)c(F)c3)nc21. The standard InChI is InChI=1S/C15H11F4N3O3/c1-2-22-12-11(25-14(22)23)4-3-10(21-12)8-5-9(16)13(20-6-8)24-7-15(17,18)19/h3-6H,2,7H2,1H3. The highest BCUT2D eigenvalue weighted by molar-refractivity contribution is 5.73. The van der Waals surface area contributed by atoms with E-state index in [0.717, 1.165) is 12.3 Å². The summed E-state index contributed by atoms with van der Waals surface area (Å²) in [6, 6.07) is 3.94. The van der Waals surface area contributed by atoms with Crippen LogP contribution in [0.15, 0.2) is 33.6 Å². The van der Waals surface area contributed by atoms with Gasteiger partial charge in [-0.05, 0) is 25.1 Å². The van der Waals surface area contributed by atoms with Gasteiger partial charge in [0.25, 0.3) is 5.88 Å². The summed E-state index contributed by atoms with van der Waals surface area (Å²) < 4.78 is 60.9. The second-order valence-corrected chi connectivity index (χ2v) is 5.05. The zero-order valence-corrected chi connectivity index (χ0v) is 12.8. The number of hydrogen-bond acceptors (Lipinski definition) is 5. The van der Waals surface area contributed by atoms with E-state index < -0.39 is 30.2 Å². The Morgan fingerprint density at radius 3 is 2.72 bits per heavy atom. The lowest BCUT2D eigenvalue weighted by Gasteiger charge is -2.09. The summed E-state index contributed by atoms with van der Waals surface area (Å²) >= 11 is 0. The highest BCUT2D eigenvalue weighted by Crippen LogP contribution is 2.25. The molecule has 0 spiro atoms. The molecule has 3 heterocycles. The summed E-state index contributed by atoms with van der Waals surface area (Å²) in [5.74, 6) is -2.37. The first-order chi connectivity index (χ1) is 11.8. The zero-order chi connectivity index (χ0) is 18.2. The molecule has 25 heavy (non-hydrogen) atoms. The predicted octanol–water partition coefficient (Wildman–Crippen LogP) is 3.15. The zero-order valence-electron chi connectivity index (χ0n) is 12.8. The van der Waals surface area contributed by atoms with Crippen LogP contribution in [0.1, 0.15) is 6.92 Å². The predicted molar refractivity (Wildman–Crippen MR) is 78.7 cm³/mol. The normalized spacial score (nSPS) is 11.9. The summed E-state index contributed by atoms with van der Waals surface area (Å²) in [4.78, 5) is 19.4. The number of fused-ring (bicyclic) bond motifs is 1. The van der Waals surface area contributed by atoms with Gasteiger partial charge in [0.2, 0.25) is 0 Å². The van der Waals surface area contributed by atoms with E-state index in [9.17, 15) is 22.4 Å². The Bertz CT molecular complexity index is 978. The van der Waals surface area contributed by atoms with Gasteiger partial charge in [-0.2, -0.15) is 13.2 Å². The molecule has 0 atom stereocenters. The van der Waals surface area contributed by atoms with Crippen molar-refractivity contribution in [1.29, 1.82) is 0 Å². The Kier molecular flexibility index (Phi) is 4.19. The van der Waals surface area contributed by atoms with Crippen molar-refractivity contribution in [3.8, 4) is 17.1 Å². The molecule has 0 aliphatic heterocycles. The van der Waals surface area contributed by atoms with Gasteiger partial charge in [0.1, 0.15) is 0 Å². The first-order valence-electron chi connectivity index (χ1n) is 7.14. The Labute approximate surface area is 137 Å². The Morgan fingerprint density at radius 1 is 1.32 bits per heavy atom. The van der Waals surface area contributed by atoms with Gasteiger partial charge in [-0.3, -0.25) is 4.57 Å². The van der Waals surface area contributed by atoms with Crippen molar-refractivity contribution in [3.63, 3.8) is 0 Å². The largest absolute Gasteiger partial charge is 0.466 e. The topological polar surface area (TPSA) is 70.2 Å². The van der Waals surface area contributed by atoms with Gasteiger partial charge in [0.15, 0.2) is 23.7 Å². The van der Waals surface area contributed by atoms with E-state index >= 15 is 0 Å². The van der Waals surface area contributed by atoms with E-state index in [1.165, 1.54) is 16.7 Å². The van der Waals surface area contributed by atoms with Crippen LogP contribution in [0.3, 0.4) is 0 Å². The van der Waals surface area contributed by atoms with Crippen molar-refractivity contribution < 1.29 is 26.7 Å². The molecule has 0 unspecified atom stereocenters. The van der Waals surface area contributed by atoms with Gasteiger partial charge in [-0.15, -0.1) is 0 Å². The molecule has 3 aromatic rings. The van der Waals surface area contributed by atoms with E-state index in [2.05, 4.69) is 14.7 Å². The summed E-state index contributed by atoms with van der Waals surface area (Å²) in [5, 5.41) is 0. The van der Waals surface area contributed by atoms with Crippen LogP contribution < -0.4 is 10.5 Å². The Morgan fingerprint density at radius 2 is 2.08 bits per heavy atom. The molecule has 6 nitrogen and oxygen atoms in total. The fourth-order valence-corrected chi connectivity index (χ4v) is 2.21. The lowest BCUT2D eigenvalue weighted by atomic mass is 10.2. The minimum absolute atomic E-state index is 0.218. The third-order valence-corrected chi connectivity index (χ3v) is 3.30. The van der Waals surface area contributed by atoms with E-state index in [1.54, 1.807) is 6.92 Å². The van der Waals surface area contributed by atoms with Gasteiger partial charge < -0.3 is 9.15 Å². The minimum Gasteiger partial charge on any atom is -0.466 e. The maximum absolute atomic E-state index is 13.9. The molecule has 0 aliphatic rings. The van der Waals surface area contributed by atoms with E-state index in [0.29, 0.717) is 6.54 Å². The smallest absolute Gasteiger partial charge is 0.422 e. The number of aromatic nitrogens is 3.